The molecule has 1 fully saturated rings. The third kappa shape index (κ3) is 4.73. The smallest absolute Gasteiger partial charge is 0.303 e. The summed E-state index contributed by atoms with van der Waals surface area (Å²) in [6, 6.07) is 0. The number of hydrogen-bond acceptors (Lipinski definition) is 3. The maximum Gasteiger partial charge on any atom is 0.303 e. The summed E-state index contributed by atoms with van der Waals surface area (Å²) in [6.07, 6.45) is 1.17. The Bertz CT molecular complexity index is 293. The number of carbonyl (C=O) groups excluding carboxylic acids is 1. The van der Waals surface area contributed by atoms with Crippen molar-refractivity contribution in [1.82, 2.24) is 4.90 Å². The Labute approximate surface area is 101 Å². The first kappa shape index (κ1) is 14.0. The minimum Gasteiger partial charge on any atom is -0.481 e. The fourth-order valence-electron chi connectivity index (χ4n) is 2.11. The van der Waals surface area contributed by atoms with Gasteiger partial charge in [0, 0.05) is 19.5 Å². The second-order valence-corrected chi connectivity index (χ2v) is 5.52. The molecule has 1 aliphatic heterocycles. The molecule has 0 aromatic rings. The summed E-state index contributed by atoms with van der Waals surface area (Å²) in [5, 5.41) is 18.1. The number of amides is 1. The van der Waals surface area contributed by atoms with Crippen LogP contribution in [0.3, 0.4) is 0 Å². The number of carboxylic acid groups (broad SMARTS) is 1. The first-order valence-corrected chi connectivity index (χ1v) is 5.98. The van der Waals surface area contributed by atoms with Crippen LogP contribution in [-0.2, 0) is 9.59 Å². The number of aliphatic carboxylic acids is 1. The van der Waals surface area contributed by atoms with E-state index >= 15 is 0 Å². The van der Waals surface area contributed by atoms with Crippen LogP contribution in [-0.4, -0.2) is 46.2 Å². The summed E-state index contributed by atoms with van der Waals surface area (Å²) in [5.74, 6) is -0.889. The highest BCUT2D eigenvalue weighted by Crippen LogP contribution is 2.26. The molecule has 0 aliphatic carbocycles. The van der Waals surface area contributed by atoms with Crippen LogP contribution in [0.1, 0.15) is 39.5 Å². The molecule has 0 unspecified atom stereocenters. The van der Waals surface area contributed by atoms with E-state index in [4.69, 9.17) is 5.11 Å². The number of likely N-dealkylation sites (tertiary alicyclic amines) is 1. The summed E-state index contributed by atoms with van der Waals surface area (Å²) in [5.41, 5.74) is -0.515. The van der Waals surface area contributed by atoms with Crippen molar-refractivity contribution in [3.05, 3.63) is 0 Å². The van der Waals surface area contributed by atoms with E-state index in [0.29, 0.717) is 25.9 Å². The van der Waals surface area contributed by atoms with Crippen LogP contribution in [0, 0.1) is 5.41 Å². The molecule has 0 aromatic carbocycles. The van der Waals surface area contributed by atoms with Gasteiger partial charge >= 0.3 is 5.97 Å². The molecule has 0 saturated carbocycles. The minimum atomic E-state index is -0.878. The van der Waals surface area contributed by atoms with E-state index in [1.54, 1.807) is 18.7 Å². The maximum atomic E-state index is 12.0. The Morgan fingerprint density at radius 2 is 1.76 bits per heavy atom. The molecule has 17 heavy (non-hydrogen) atoms. The molecule has 98 valence electrons. The van der Waals surface area contributed by atoms with Gasteiger partial charge in [-0.3, -0.25) is 9.59 Å². The lowest BCUT2D eigenvalue weighted by molar-refractivity contribution is -0.141. The quantitative estimate of drug-likeness (QED) is 0.767. The summed E-state index contributed by atoms with van der Waals surface area (Å²) < 4.78 is 0. The van der Waals surface area contributed by atoms with Crippen LogP contribution in [0.2, 0.25) is 0 Å². The predicted molar refractivity (Wildman–Crippen MR) is 62.5 cm³/mol. The van der Waals surface area contributed by atoms with E-state index < -0.39 is 11.4 Å². The second kappa shape index (κ2) is 5.49. The van der Waals surface area contributed by atoms with Crippen LogP contribution >= 0.6 is 0 Å². The fourth-order valence-corrected chi connectivity index (χ4v) is 2.11. The Morgan fingerprint density at radius 3 is 2.24 bits per heavy atom. The number of piperidine rings is 1. The first-order valence-electron chi connectivity index (χ1n) is 5.98. The van der Waals surface area contributed by atoms with Gasteiger partial charge in [0.1, 0.15) is 0 Å². The molecule has 0 radical (unpaired) electrons. The molecule has 2 N–H and O–H groups in total. The molecule has 0 aromatic heterocycles. The summed E-state index contributed by atoms with van der Waals surface area (Å²) in [7, 11) is 0. The van der Waals surface area contributed by atoms with Gasteiger partial charge in [-0.2, -0.15) is 0 Å². The molecule has 0 spiro atoms. The Morgan fingerprint density at radius 1 is 1.24 bits per heavy atom. The summed E-state index contributed by atoms with van der Waals surface area (Å²) in [6.45, 7) is 4.72. The van der Waals surface area contributed by atoms with Gasteiger partial charge in [-0.1, -0.05) is 13.8 Å². The lowest BCUT2D eigenvalue weighted by Gasteiger charge is -2.32. The van der Waals surface area contributed by atoms with Crippen molar-refractivity contribution in [3.8, 4) is 0 Å². The molecule has 1 amide bonds. The number of hydrogen-bond donors (Lipinski definition) is 2. The average molecular weight is 243 g/mol. The molecule has 1 heterocycles. The zero-order valence-corrected chi connectivity index (χ0v) is 10.5. The minimum absolute atomic E-state index is 0.00476. The normalized spacial score (nSPS) is 18.2. The summed E-state index contributed by atoms with van der Waals surface area (Å²) in [4.78, 5) is 24.3. The average Bonchev–Trinajstić information content (AvgIpc) is 2.15. The second-order valence-electron chi connectivity index (χ2n) is 5.52. The molecule has 1 saturated heterocycles. The van der Waals surface area contributed by atoms with Gasteiger partial charge in [0.05, 0.1) is 12.5 Å². The number of aliphatic hydroxyl groups excluding tert-OH is 1. The molecular formula is C12H21NO4. The summed E-state index contributed by atoms with van der Waals surface area (Å²) >= 11 is 0. The van der Waals surface area contributed by atoms with Gasteiger partial charge in [-0.25, -0.2) is 0 Å². The number of aliphatic hydroxyl groups is 1. The molecular weight excluding hydrogens is 222 g/mol. The Balaban J connectivity index is 2.45. The zero-order chi connectivity index (χ0) is 13.1. The highest BCUT2D eigenvalue weighted by Gasteiger charge is 2.29. The largest absolute Gasteiger partial charge is 0.481 e. The lowest BCUT2D eigenvalue weighted by atomic mass is 9.85. The van der Waals surface area contributed by atoms with Gasteiger partial charge in [-0.15, -0.1) is 0 Å². The molecule has 1 aliphatic rings. The van der Waals surface area contributed by atoms with Gasteiger partial charge in [-0.05, 0) is 18.3 Å². The molecule has 0 bridgehead atoms. The topological polar surface area (TPSA) is 77.8 Å². The predicted octanol–water partition coefficient (Wildman–Crippen LogP) is 0.861. The van der Waals surface area contributed by atoms with Crippen LogP contribution in [0.25, 0.3) is 0 Å². The van der Waals surface area contributed by atoms with Gasteiger partial charge in [0.25, 0.3) is 0 Å². The van der Waals surface area contributed by atoms with Crippen molar-refractivity contribution >= 4 is 11.9 Å². The fraction of sp³-hybridized carbons (Fsp3) is 0.833. The maximum absolute atomic E-state index is 12.0. The van der Waals surface area contributed by atoms with Crippen LogP contribution in [0.5, 0.6) is 0 Å². The molecule has 1 rings (SSSR count). The Kier molecular flexibility index (Phi) is 4.51. The van der Waals surface area contributed by atoms with Crippen molar-refractivity contribution < 1.29 is 19.8 Å². The number of carboxylic acids is 1. The van der Waals surface area contributed by atoms with Crippen molar-refractivity contribution in [2.45, 2.75) is 45.6 Å². The van der Waals surface area contributed by atoms with E-state index in [-0.39, 0.29) is 24.9 Å². The zero-order valence-electron chi connectivity index (χ0n) is 10.5. The first-order chi connectivity index (χ1) is 7.80. The van der Waals surface area contributed by atoms with Crippen molar-refractivity contribution in [3.63, 3.8) is 0 Å². The third-order valence-corrected chi connectivity index (χ3v) is 3.08. The van der Waals surface area contributed by atoms with E-state index in [9.17, 15) is 14.7 Å². The van der Waals surface area contributed by atoms with Gasteiger partial charge in [0.15, 0.2) is 0 Å². The lowest BCUT2D eigenvalue weighted by Crippen LogP contribution is -2.41. The van der Waals surface area contributed by atoms with Gasteiger partial charge < -0.3 is 15.1 Å². The molecule has 0 atom stereocenters. The number of nitrogens with zero attached hydrogens (tertiary/aromatic N) is 1. The van der Waals surface area contributed by atoms with Crippen molar-refractivity contribution in [1.29, 1.82) is 0 Å². The van der Waals surface area contributed by atoms with Crippen LogP contribution in [0.15, 0.2) is 0 Å². The standard InChI is InChI=1S/C12H21NO4/c1-12(2,8-11(16)17)7-10(15)13-5-3-9(14)4-6-13/h9,14H,3-8H2,1-2H3,(H,16,17). The highest BCUT2D eigenvalue weighted by molar-refractivity contribution is 5.78. The van der Waals surface area contributed by atoms with Crippen molar-refractivity contribution in [2.24, 2.45) is 5.41 Å². The Hall–Kier alpha value is -1.10. The van der Waals surface area contributed by atoms with Crippen LogP contribution < -0.4 is 0 Å². The monoisotopic (exact) mass is 243 g/mol. The number of rotatable bonds is 4. The van der Waals surface area contributed by atoms with Crippen LogP contribution in [0.4, 0.5) is 0 Å². The van der Waals surface area contributed by atoms with E-state index in [1.807, 2.05) is 0 Å². The number of carbonyl (C=O) groups is 2. The molecule has 5 heteroatoms. The van der Waals surface area contributed by atoms with Crippen molar-refractivity contribution in [2.75, 3.05) is 13.1 Å². The van der Waals surface area contributed by atoms with E-state index in [2.05, 4.69) is 0 Å². The highest BCUT2D eigenvalue weighted by atomic mass is 16.4. The van der Waals surface area contributed by atoms with Gasteiger partial charge in [0.2, 0.25) is 5.91 Å². The van der Waals surface area contributed by atoms with E-state index in [0.717, 1.165) is 0 Å². The molecule has 5 nitrogen and oxygen atoms in total. The van der Waals surface area contributed by atoms with E-state index in [1.165, 1.54) is 0 Å². The SMILES string of the molecule is CC(C)(CC(=O)O)CC(=O)N1CCC(O)CC1. The third-order valence-electron chi connectivity index (χ3n) is 3.08.